The second-order valence-corrected chi connectivity index (χ2v) is 5.37. The van der Waals surface area contributed by atoms with Crippen LogP contribution in [0.2, 0.25) is 0 Å². The van der Waals surface area contributed by atoms with Gasteiger partial charge in [-0.05, 0) is 24.6 Å². The van der Waals surface area contributed by atoms with Gasteiger partial charge in [-0.2, -0.15) is 0 Å². The zero-order valence-electron chi connectivity index (χ0n) is 13.1. The first-order chi connectivity index (χ1) is 11.7. The molecule has 124 valence electrons. The zero-order valence-corrected chi connectivity index (χ0v) is 13.1. The number of pyridine rings is 1. The number of primary amides is 1. The number of anilines is 2. The summed E-state index contributed by atoms with van der Waals surface area (Å²) in [5.41, 5.74) is 7.11. The number of para-hydroxylation sites is 2. The number of amides is 2. The van der Waals surface area contributed by atoms with E-state index in [0.717, 1.165) is 11.4 Å². The number of carbonyl (C=O) groups excluding carboxylic acids is 2. The van der Waals surface area contributed by atoms with E-state index in [2.05, 4.69) is 10.3 Å². The number of fused-ring (bicyclic) bond motifs is 1. The Morgan fingerprint density at radius 3 is 3.00 bits per heavy atom. The third kappa shape index (κ3) is 3.29. The van der Waals surface area contributed by atoms with Crippen molar-refractivity contribution in [3.05, 3.63) is 48.3 Å². The summed E-state index contributed by atoms with van der Waals surface area (Å²) < 4.78 is 5.42. The summed E-state index contributed by atoms with van der Waals surface area (Å²) in [5, 5.41) is 3.16. The van der Waals surface area contributed by atoms with Crippen LogP contribution in [0.5, 0.6) is 5.75 Å². The maximum Gasteiger partial charge on any atom is 0.265 e. The molecule has 0 aliphatic carbocycles. The highest BCUT2D eigenvalue weighted by molar-refractivity contribution is 5.98. The molecule has 0 atom stereocenters. The van der Waals surface area contributed by atoms with Crippen LogP contribution in [0.25, 0.3) is 0 Å². The van der Waals surface area contributed by atoms with E-state index in [-0.39, 0.29) is 12.5 Å². The molecule has 1 aromatic heterocycles. The summed E-state index contributed by atoms with van der Waals surface area (Å²) in [5.74, 6) is 0.133. The van der Waals surface area contributed by atoms with Crippen molar-refractivity contribution in [2.24, 2.45) is 5.73 Å². The lowest BCUT2D eigenvalue weighted by molar-refractivity contribution is -0.121. The SMILES string of the molecule is NC(=O)c1cnccc1NCCCN1C(=O)COc2ccccc21. The van der Waals surface area contributed by atoms with E-state index in [1.807, 2.05) is 24.3 Å². The minimum Gasteiger partial charge on any atom is -0.482 e. The van der Waals surface area contributed by atoms with Crippen molar-refractivity contribution < 1.29 is 14.3 Å². The monoisotopic (exact) mass is 326 g/mol. The third-order valence-corrected chi connectivity index (χ3v) is 3.77. The fourth-order valence-corrected chi connectivity index (χ4v) is 2.60. The van der Waals surface area contributed by atoms with E-state index in [0.29, 0.717) is 30.8 Å². The Bertz CT molecular complexity index is 763. The average Bonchev–Trinajstić information content (AvgIpc) is 2.60. The smallest absolute Gasteiger partial charge is 0.265 e. The maximum absolute atomic E-state index is 12.1. The van der Waals surface area contributed by atoms with E-state index < -0.39 is 5.91 Å². The molecule has 1 aliphatic heterocycles. The second-order valence-electron chi connectivity index (χ2n) is 5.37. The van der Waals surface area contributed by atoms with Gasteiger partial charge >= 0.3 is 0 Å². The lowest BCUT2D eigenvalue weighted by Gasteiger charge is -2.29. The van der Waals surface area contributed by atoms with Gasteiger partial charge in [0.25, 0.3) is 11.8 Å². The van der Waals surface area contributed by atoms with Crippen LogP contribution in [0.3, 0.4) is 0 Å². The standard InChI is InChI=1S/C17H18N4O3/c18-17(23)12-10-19-8-6-13(12)20-7-3-9-21-14-4-1-2-5-15(14)24-11-16(21)22/h1-2,4-6,8,10H,3,7,9,11H2,(H2,18,23)(H,19,20). The number of nitrogens with two attached hydrogens (primary N) is 1. The number of hydrogen-bond acceptors (Lipinski definition) is 5. The van der Waals surface area contributed by atoms with E-state index in [9.17, 15) is 9.59 Å². The molecule has 1 aliphatic rings. The number of rotatable bonds is 6. The molecule has 1 aromatic carbocycles. The van der Waals surface area contributed by atoms with E-state index in [1.54, 1.807) is 17.2 Å². The van der Waals surface area contributed by atoms with Crippen molar-refractivity contribution in [3.63, 3.8) is 0 Å². The van der Waals surface area contributed by atoms with Crippen LogP contribution < -0.4 is 20.7 Å². The molecule has 3 rings (SSSR count). The number of aromatic nitrogens is 1. The summed E-state index contributed by atoms with van der Waals surface area (Å²) in [7, 11) is 0. The normalized spacial score (nSPS) is 13.2. The number of nitrogens with one attached hydrogen (secondary N) is 1. The minimum absolute atomic E-state index is 0.0562. The first kappa shape index (κ1) is 15.8. The van der Waals surface area contributed by atoms with Gasteiger partial charge in [0.2, 0.25) is 0 Å². The largest absolute Gasteiger partial charge is 0.482 e. The Morgan fingerprint density at radius 1 is 1.33 bits per heavy atom. The van der Waals surface area contributed by atoms with Gasteiger partial charge in [0.1, 0.15) is 5.75 Å². The summed E-state index contributed by atoms with van der Waals surface area (Å²) in [6.45, 7) is 1.21. The molecule has 2 aromatic rings. The van der Waals surface area contributed by atoms with Crippen LogP contribution in [-0.4, -0.2) is 36.5 Å². The van der Waals surface area contributed by atoms with Crippen LogP contribution in [0.1, 0.15) is 16.8 Å². The highest BCUT2D eigenvalue weighted by Crippen LogP contribution is 2.31. The number of ether oxygens (including phenoxy) is 1. The molecule has 3 N–H and O–H groups in total. The molecular weight excluding hydrogens is 308 g/mol. The fraction of sp³-hybridized carbons (Fsp3) is 0.235. The minimum atomic E-state index is -0.525. The molecule has 24 heavy (non-hydrogen) atoms. The van der Waals surface area contributed by atoms with Gasteiger partial charge < -0.3 is 20.7 Å². The van der Waals surface area contributed by atoms with Crippen LogP contribution in [-0.2, 0) is 4.79 Å². The van der Waals surface area contributed by atoms with Crippen molar-refractivity contribution >= 4 is 23.2 Å². The van der Waals surface area contributed by atoms with Gasteiger partial charge in [0, 0.05) is 25.5 Å². The predicted molar refractivity (Wildman–Crippen MR) is 90.2 cm³/mol. The fourth-order valence-electron chi connectivity index (χ4n) is 2.60. The lowest BCUT2D eigenvalue weighted by atomic mass is 10.2. The quantitative estimate of drug-likeness (QED) is 0.782. The zero-order chi connectivity index (χ0) is 16.9. The van der Waals surface area contributed by atoms with E-state index in [1.165, 1.54) is 6.20 Å². The van der Waals surface area contributed by atoms with Crippen molar-refractivity contribution in [1.82, 2.24) is 4.98 Å². The van der Waals surface area contributed by atoms with Crippen LogP contribution in [0, 0.1) is 0 Å². The number of carbonyl (C=O) groups is 2. The van der Waals surface area contributed by atoms with Gasteiger partial charge in [-0.15, -0.1) is 0 Å². The van der Waals surface area contributed by atoms with Crippen molar-refractivity contribution in [1.29, 1.82) is 0 Å². The van der Waals surface area contributed by atoms with E-state index in [4.69, 9.17) is 10.5 Å². The first-order valence-corrected chi connectivity index (χ1v) is 7.66. The maximum atomic E-state index is 12.1. The molecule has 0 spiro atoms. The summed E-state index contributed by atoms with van der Waals surface area (Å²) in [6.07, 6.45) is 3.74. The topological polar surface area (TPSA) is 97.5 Å². The Kier molecular flexibility index (Phi) is 4.60. The van der Waals surface area contributed by atoms with Gasteiger partial charge in [0.05, 0.1) is 16.9 Å². The Balaban J connectivity index is 1.60. The molecule has 0 bridgehead atoms. The van der Waals surface area contributed by atoms with Crippen molar-refractivity contribution in [3.8, 4) is 5.75 Å². The molecule has 0 fully saturated rings. The Hall–Kier alpha value is -3.09. The van der Waals surface area contributed by atoms with Crippen LogP contribution in [0.4, 0.5) is 11.4 Å². The summed E-state index contributed by atoms with van der Waals surface area (Å²) in [4.78, 5) is 29.1. The van der Waals surface area contributed by atoms with Crippen LogP contribution in [0.15, 0.2) is 42.7 Å². The molecular formula is C17H18N4O3. The number of hydrogen-bond donors (Lipinski definition) is 2. The van der Waals surface area contributed by atoms with E-state index >= 15 is 0 Å². The molecule has 7 heteroatoms. The summed E-state index contributed by atoms with van der Waals surface area (Å²) in [6, 6.07) is 9.18. The molecule has 2 amide bonds. The molecule has 2 heterocycles. The summed E-state index contributed by atoms with van der Waals surface area (Å²) >= 11 is 0. The molecule has 0 saturated carbocycles. The molecule has 0 radical (unpaired) electrons. The second kappa shape index (κ2) is 6.99. The van der Waals surface area contributed by atoms with Crippen molar-refractivity contribution in [2.75, 3.05) is 29.9 Å². The number of nitrogens with zero attached hydrogens (tertiary/aromatic N) is 2. The lowest BCUT2D eigenvalue weighted by Crippen LogP contribution is -2.39. The van der Waals surface area contributed by atoms with Gasteiger partial charge in [0.15, 0.2) is 6.61 Å². The van der Waals surface area contributed by atoms with Gasteiger partial charge in [-0.3, -0.25) is 14.6 Å². The molecule has 0 unspecified atom stereocenters. The highest BCUT2D eigenvalue weighted by atomic mass is 16.5. The van der Waals surface area contributed by atoms with Gasteiger partial charge in [-0.1, -0.05) is 12.1 Å². The average molecular weight is 326 g/mol. The Labute approximate surface area is 139 Å². The van der Waals surface area contributed by atoms with Gasteiger partial charge in [-0.25, -0.2) is 0 Å². The predicted octanol–water partition coefficient (Wildman–Crippen LogP) is 1.41. The van der Waals surface area contributed by atoms with Crippen LogP contribution >= 0.6 is 0 Å². The highest BCUT2D eigenvalue weighted by Gasteiger charge is 2.24. The molecule has 7 nitrogen and oxygen atoms in total. The number of benzene rings is 1. The first-order valence-electron chi connectivity index (χ1n) is 7.66. The molecule has 0 saturated heterocycles. The third-order valence-electron chi connectivity index (χ3n) is 3.77. The van der Waals surface area contributed by atoms with Crippen molar-refractivity contribution in [2.45, 2.75) is 6.42 Å². The Morgan fingerprint density at radius 2 is 2.17 bits per heavy atom.